The van der Waals surface area contributed by atoms with Gasteiger partial charge in [-0.3, -0.25) is 0 Å². The highest BCUT2D eigenvalue weighted by molar-refractivity contribution is 7.07. The number of aliphatic hydroxyl groups is 1. The van der Waals surface area contributed by atoms with E-state index < -0.39 is 6.10 Å². The minimum atomic E-state index is -0.630. The van der Waals surface area contributed by atoms with Gasteiger partial charge < -0.3 is 20.6 Å². The number of carbonyl (C=O) groups is 1. The van der Waals surface area contributed by atoms with E-state index in [0.29, 0.717) is 6.54 Å². The number of thiophene rings is 1. The van der Waals surface area contributed by atoms with E-state index in [1.54, 1.807) is 0 Å². The third kappa shape index (κ3) is 5.11. The molecule has 112 valence electrons. The van der Waals surface area contributed by atoms with E-state index in [2.05, 4.69) is 15.5 Å². The molecule has 2 heterocycles. The summed E-state index contributed by atoms with van der Waals surface area (Å²) in [5.74, 6) is 0. The number of nitrogens with zero attached hydrogens (tertiary/aromatic N) is 1. The molecule has 1 fully saturated rings. The van der Waals surface area contributed by atoms with Crippen LogP contribution in [0.2, 0.25) is 0 Å². The van der Waals surface area contributed by atoms with E-state index in [0.717, 1.165) is 25.2 Å². The fourth-order valence-corrected chi connectivity index (χ4v) is 3.05. The lowest BCUT2D eigenvalue weighted by Gasteiger charge is -2.26. The molecule has 1 aromatic heterocycles. The number of piperidine rings is 1. The topological polar surface area (TPSA) is 64.6 Å². The van der Waals surface area contributed by atoms with Crippen LogP contribution in [0.25, 0.3) is 0 Å². The van der Waals surface area contributed by atoms with E-state index in [1.165, 1.54) is 30.6 Å². The summed E-state index contributed by atoms with van der Waals surface area (Å²) >= 11 is 1.54. The highest BCUT2D eigenvalue weighted by Crippen LogP contribution is 2.14. The molecule has 1 unspecified atom stereocenters. The lowest BCUT2D eigenvalue weighted by atomic mass is 10.1. The highest BCUT2D eigenvalue weighted by Gasteiger charge is 2.11. The van der Waals surface area contributed by atoms with Crippen molar-refractivity contribution in [3.8, 4) is 0 Å². The molecular weight excluding hydrogens is 274 g/mol. The first-order valence-electron chi connectivity index (χ1n) is 7.20. The molecule has 20 heavy (non-hydrogen) atoms. The van der Waals surface area contributed by atoms with Crippen LogP contribution in [-0.2, 0) is 0 Å². The molecule has 0 radical (unpaired) electrons. The Morgan fingerprint density at radius 2 is 2.15 bits per heavy atom. The molecule has 1 aliphatic rings. The second-order valence-corrected chi connectivity index (χ2v) is 5.89. The summed E-state index contributed by atoms with van der Waals surface area (Å²) in [5, 5.41) is 19.2. The van der Waals surface area contributed by atoms with Crippen molar-refractivity contribution in [1.29, 1.82) is 0 Å². The van der Waals surface area contributed by atoms with Crippen molar-refractivity contribution >= 4 is 17.4 Å². The zero-order chi connectivity index (χ0) is 14.2. The van der Waals surface area contributed by atoms with Gasteiger partial charge in [0.05, 0.1) is 6.10 Å². The quantitative estimate of drug-likeness (QED) is 0.747. The molecule has 6 heteroatoms. The first kappa shape index (κ1) is 15.3. The number of rotatable bonds is 6. The van der Waals surface area contributed by atoms with Crippen LogP contribution in [0, 0.1) is 0 Å². The molecule has 0 aliphatic carbocycles. The molecular formula is C14H23N3O2S. The van der Waals surface area contributed by atoms with Crippen LogP contribution >= 0.6 is 11.3 Å². The number of hydrogen-bond acceptors (Lipinski definition) is 4. The largest absolute Gasteiger partial charge is 0.387 e. The number of amides is 2. The molecule has 1 aliphatic heterocycles. The first-order chi connectivity index (χ1) is 9.75. The molecule has 0 spiro atoms. The Bertz CT molecular complexity index is 391. The Hall–Kier alpha value is -1.11. The Morgan fingerprint density at radius 1 is 1.35 bits per heavy atom. The maximum Gasteiger partial charge on any atom is 0.314 e. The van der Waals surface area contributed by atoms with Gasteiger partial charge >= 0.3 is 6.03 Å². The Balaban J connectivity index is 1.56. The van der Waals surface area contributed by atoms with Crippen LogP contribution in [0.3, 0.4) is 0 Å². The van der Waals surface area contributed by atoms with Gasteiger partial charge in [0.1, 0.15) is 0 Å². The molecule has 0 aromatic carbocycles. The van der Waals surface area contributed by atoms with Crippen LogP contribution < -0.4 is 10.6 Å². The summed E-state index contributed by atoms with van der Waals surface area (Å²) in [5.41, 5.74) is 0.851. The number of aliphatic hydroxyl groups excluding tert-OH is 1. The fourth-order valence-electron chi connectivity index (χ4n) is 2.34. The lowest BCUT2D eigenvalue weighted by molar-refractivity contribution is 0.173. The second kappa shape index (κ2) is 8.24. The molecule has 2 rings (SSSR count). The highest BCUT2D eigenvalue weighted by atomic mass is 32.1. The summed E-state index contributed by atoms with van der Waals surface area (Å²) in [6.45, 7) is 4.08. The van der Waals surface area contributed by atoms with Gasteiger partial charge in [-0.15, -0.1) is 0 Å². The van der Waals surface area contributed by atoms with Gasteiger partial charge in [-0.05, 0) is 48.3 Å². The molecule has 1 atom stereocenters. The molecule has 2 amide bonds. The van der Waals surface area contributed by atoms with Gasteiger partial charge in [0.25, 0.3) is 0 Å². The molecule has 1 saturated heterocycles. The van der Waals surface area contributed by atoms with Crippen molar-refractivity contribution in [2.45, 2.75) is 25.4 Å². The van der Waals surface area contributed by atoms with Gasteiger partial charge in [0, 0.05) is 19.6 Å². The smallest absolute Gasteiger partial charge is 0.314 e. The SMILES string of the molecule is O=C(NCCN1CCCCC1)NCC(O)c1ccsc1. The van der Waals surface area contributed by atoms with Gasteiger partial charge in [-0.1, -0.05) is 6.42 Å². The van der Waals surface area contributed by atoms with Crippen molar-refractivity contribution in [2.24, 2.45) is 0 Å². The van der Waals surface area contributed by atoms with Gasteiger partial charge in [0.2, 0.25) is 0 Å². The Labute approximate surface area is 124 Å². The summed E-state index contributed by atoms with van der Waals surface area (Å²) in [6, 6.07) is 1.65. The second-order valence-electron chi connectivity index (χ2n) is 5.11. The maximum absolute atomic E-state index is 11.6. The third-order valence-corrected chi connectivity index (χ3v) is 4.25. The predicted octanol–water partition coefficient (Wildman–Crippen LogP) is 1.57. The minimum absolute atomic E-state index is 0.212. The van der Waals surface area contributed by atoms with Crippen LogP contribution in [0.5, 0.6) is 0 Å². The Kier molecular flexibility index (Phi) is 6.29. The number of hydrogen-bond donors (Lipinski definition) is 3. The first-order valence-corrected chi connectivity index (χ1v) is 8.14. The van der Waals surface area contributed by atoms with Gasteiger partial charge in [0.15, 0.2) is 0 Å². The summed E-state index contributed by atoms with van der Waals surface area (Å²) < 4.78 is 0. The van der Waals surface area contributed by atoms with Crippen LogP contribution in [0.4, 0.5) is 4.79 Å². The zero-order valence-corrected chi connectivity index (χ0v) is 12.5. The van der Waals surface area contributed by atoms with Crippen LogP contribution in [-0.4, -0.2) is 48.8 Å². The fraction of sp³-hybridized carbons (Fsp3) is 0.643. The van der Waals surface area contributed by atoms with Gasteiger partial charge in [-0.2, -0.15) is 11.3 Å². The van der Waals surface area contributed by atoms with E-state index >= 15 is 0 Å². The number of urea groups is 1. The normalized spacial score (nSPS) is 17.6. The third-order valence-electron chi connectivity index (χ3n) is 3.55. The predicted molar refractivity (Wildman–Crippen MR) is 81.0 cm³/mol. The number of likely N-dealkylation sites (tertiary alicyclic amines) is 1. The van der Waals surface area contributed by atoms with Gasteiger partial charge in [-0.25, -0.2) is 4.79 Å². The lowest BCUT2D eigenvalue weighted by Crippen LogP contribution is -2.42. The van der Waals surface area contributed by atoms with Crippen molar-refractivity contribution in [3.05, 3.63) is 22.4 Å². The Morgan fingerprint density at radius 3 is 2.85 bits per heavy atom. The van der Waals surface area contributed by atoms with Crippen molar-refractivity contribution in [1.82, 2.24) is 15.5 Å². The molecule has 3 N–H and O–H groups in total. The monoisotopic (exact) mass is 297 g/mol. The zero-order valence-electron chi connectivity index (χ0n) is 11.7. The summed E-state index contributed by atoms with van der Waals surface area (Å²) in [6.07, 6.45) is 3.22. The van der Waals surface area contributed by atoms with Crippen molar-refractivity contribution in [3.63, 3.8) is 0 Å². The number of carbonyl (C=O) groups excluding carboxylic acids is 1. The van der Waals surface area contributed by atoms with Crippen LogP contribution in [0.15, 0.2) is 16.8 Å². The van der Waals surface area contributed by atoms with E-state index in [1.807, 2.05) is 16.8 Å². The average molecular weight is 297 g/mol. The molecule has 5 nitrogen and oxygen atoms in total. The van der Waals surface area contributed by atoms with E-state index in [4.69, 9.17) is 0 Å². The van der Waals surface area contributed by atoms with Crippen LogP contribution in [0.1, 0.15) is 30.9 Å². The van der Waals surface area contributed by atoms with E-state index in [-0.39, 0.29) is 12.6 Å². The summed E-state index contributed by atoms with van der Waals surface area (Å²) in [4.78, 5) is 14.0. The minimum Gasteiger partial charge on any atom is -0.387 e. The van der Waals surface area contributed by atoms with E-state index in [9.17, 15) is 9.90 Å². The molecule has 0 bridgehead atoms. The summed E-state index contributed by atoms with van der Waals surface area (Å²) in [7, 11) is 0. The molecule has 1 aromatic rings. The number of nitrogens with one attached hydrogen (secondary N) is 2. The maximum atomic E-state index is 11.6. The van der Waals surface area contributed by atoms with Crippen molar-refractivity contribution < 1.29 is 9.90 Å². The standard InChI is InChI=1S/C14H23N3O2S/c18-13(12-4-9-20-11-12)10-16-14(19)15-5-8-17-6-2-1-3-7-17/h4,9,11,13,18H,1-3,5-8,10H2,(H2,15,16,19). The van der Waals surface area contributed by atoms with Crippen molar-refractivity contribution in [2.75, 3.05) is 32.7 Å². The average Bonchev–Trinajstić information content (AvgIpc) is 3.00. The molecule has 0 saturated carbocycles.